The summed E-state index contributed by atoms with van der Waals surface area (Å²) in [5.74, 6) is 0.210. The Kier molecular flexibility index (Phi) is 8.15. The zero-order valence-corrected chi connectivity index (χ0v) is 22.9. The van der Waals surface area contributed by atoms with E-state index in [-0.39, 0.29) is 13.2 Å². The maximum absolute atomic E-state index is 11.4. The molecule has 4 aromatic rings. The van der Waals surface area contributed by atoms with Crippen molar-refractivity contribution in [3.05, 3.63) is 137 Å². The standard InChI is InChI=1S/C35H34O5/c1-24(2)34(37)40-23-28(36)22-38-20-21-39-29-18-16-27(17-19-29)35(26-14-12-25(3)13-15-26)32-10-6-4-8-30(32)31-9-5-7-11-33(31)35/h4-19,28,36H,1,20-23H2,2-3H3. The maximum atomic E-state index is 11.4. The van der Waals surface area contributed by atoms with Crippen molar-refractivity contribution in [3.8, 4) is 16.9 Å². The van der Waals surface area contributed by atoms with Gasteiger partial charge in [-0.15, -0.1) is 0 Å². The zero-order valence-electron chi connectivity index (χ0n) is 22.9. The van der Waals surface area contributed by atoms with E-state index in [1.54, 1.807) is 6.92 Å². The van der Waals surface area contributed by atoms with Gasteiger partial charge in [0, 0.05) is 5.57 Å². The molecule has 0 heterocycles. The van der Waals surface area contributed by atoms with E-state index < -0.39 is 17.5 Å². The Labute approximate surface area is 235 Å². The molecule has 0 spiro atoms. The van der Waals surface area contributed by atoms with Gasteiger partial charge in [0.25, 0.3) is 0 Å². The number of hydrogen-bond acceptors (Lipinski definition) is 5. The molecule has 40 heavy (non-hydrogen) atoms. The second kappa shape index (κ2) is 11.9. The van der Waals surface area contributed by atoms with Gasteiger partial charge in [0.1, 0.15) is 25.1 Å². The molecule has 1 unspecified atom stereocenters. The predicted octanol–water partition coefficient (Wildman–Crippen LogP) is 6.23. The summed E-state index contributed by atoms with van der Waals surface area (Å²) in [7, 11) is 0. The lowest BCUT2D eigenvalue weighted by Gasteiger charge is -2.34. The lowest BCUT2D eigenvalue weighted by atomic mass is 9.67. The van der Waals surface area contributed by atoms with E-state index in [4.69, 9.17) is 14.2 Å². The topological polar surface area (TPSA) is 65.0 Å². The van der Waals surface area contributed by atoms with Crippen molar-refractivity contribution < 1.29 is 24.1 Å². The minimum Gasteiger partial charge on any atom is -0.491 e. The molecule has 4 aromatic carbocycles. The van der Waals surface area contributed by atoms with Crippen LogP contribution in [0.3, 0.4) is 0 Å². The molecular formula is C35H34O5. The SMILES string of the molecule is C=C(C)C(=O)OCC(O)COCCOc1ccc(C2(c3ccc(C)cc3)c3ccccc3-c3ccccc32)cc1. The molecule has 1 aliphatic rings. The minimum atomic E-state index is -0.905. The van der Waals surface area contributed by atoms with E-state index in [0.29, 0.717) is 18.8 Å². The molecule has 0 amide bonds. The number of aliphatic hydroxyl groups excluding tert-OH is 1. The third-order valence-electron chi connectivity index (χ3n) is 7.29. The van der Waals surface area contributed by atoms with Gasteiger partial charge >= 0.3 is 5.97 Å². The maximum Gasteiger partial charge on any atom is 0.333 e. The number of rotatable bonds is 11. The van der Waals surface area contributed by atoms with Gasteiger partial charge < -0.3 is 19.3 Å². The Morgan fingerprint density at radius 3 is 1.93 bits per heavy atom. The number of esters is 1. The summed E-state index contributed by atoms with van der Waals surface area (Å²) >= 11 is 0. The van der Waals surface area contributed by atoms with E-state index >= 15 is 0 Å². The van der Waals surface area contributed by atoms with Crippen molar-refractivity contribution in [2.75, 3.05) is 26.4 Å². The van der Waals surface area contributed by atoms with Crippen molar-refractivity contribution in [1.29, 1.82) is 0 Å². The molecule has 0 saturated carbocycles. The predicted molar refractivity (Wildman–Crippen MR) is 157 cm³/mol. The highest BCUT2D eigenvalue weighted by Gasteiger charge is 2.45. The van der Waals surface area contributed by atoms with Gasteiger partial charge in [-0.3, -0.25) is 0 Å². The van der Waals surface area contributed by atoms with E-state index in [2.05, 4.69) is 98.4 Å². The molecule has 204 valence electrons. The van der Waals surface area contributed by atoms with Gasteiger partial charge in [0.15, 0.2) is 0 Å². The second-order valence-electron chi connectivity index (χ2n) is 10.2. The quantitative estimate of drug-likeness (QED) is 0.124. The average molecular weight is 535 g/mol. The van der Waals surface area contributed by atoms with Crippen LogP contribution >= 0.6 is 0 Å². The molecule has 0 bridgehead atoms. The molecule has 0 saturated heterocycles. The van der Waals surface area contributed by atoms with E-state index in [9.17, 15) is 9.90 Å². The van der Waals surface area contributed by atoms with Gasteiger partial charge in [-0.05, 0) is 59.4 Å². The molecule has 0 radical (unpaired) electrons. The minimum absolute atomic E-state index is 0.0453. The number of benzene rings is 4. The summed E-state index contributed by atoms with van der Waals surface area (Å²) in [5, 5.41) is 9.93. The Balaban J connectivity index is 1.32. The lowest BCUT2D eigenvalue weighted by molar-refractivity contribution is -0.143. The Hall–Kier alpha value is -4.19. The van der Waals surface area contributed by atoms with Crippen LogP contribution in [0.2, 0.25) is 0 Å². The third-order valence-corrected chi connectivity index (χ3v) is 7.29. The van der Waals surface area contributed by atoms with Gasteiger partial charge in [-0.25, -0.2) is 4.79 Å². The first-order chi connectivity index (χ1) is 19.4. The fourth-order valence-electron chi connectivity index (χ4n) is 5.41. The molecule has 1 atom stereocenters. The van der Waals surface area contributed by atoms with Crippen LogP contribution in [0.5, 0.6) is 5.75 Å². The van der Waals surface area contributed by atoms with E-state index in [0.717, 1.165) is 5.75 Å². The number of carbonyl (C=O) groups is 1. The first-order valence-electron chi connectivity index (χ1n) is 13.5. The van der Waals surface area contributed by atoms with Crippen LogP contribution in [-0.2, 0) is 19.7 Å². The highest BCUT2D eigenvalue weighted by molar-refractivity contribution is 5.87. The summed E-state index contributed by atoms with van der Waals surface area (Å²) in [4.78, 5) is 11.4. The largest absolute Gasteiger partial charge is 0.491 e. The molecule has 5 nitrogen and oxygen atoms in total. The summed E-state index contributed by atoms with van der Waals surface area (Å²) in [5.41, 5.74) is 8.54. The number of aryl methyl sites for hydroxylation is 1. The van der Waals surface area contributed by atoms with Crippen LogP contribution in [0.25, 0.3) is 11.1 Å². The Morgan fingerprint density at radius 2 is 1.35 bits per heavy atom. The van der Waals surface area contributed by atoms with Gasteiger partial charge in [-0.2, -0.15) is 0 Å². The van der Waals surface area contributed by atoms with Crippen molar-refractivity contribution in [1.82, 2.24) is 0 Å². The van der Waals surface area contributed by atoms with Gasteiger partial charge in [-0.1, -0.05) is 97.1 Å². The first kappa shape index (κ1) is 27.4. The second-order valence-corrected chi connectivity index (χ2v) is 10.2. The zero-order chi connectivity index (χ0) is 28.1. The highest BCUT2D eigenvalue weighted by Crippen LogP contribution is 2.56. The van der Waals surface area contributed by atoms with Crippen LogP contribution in [0, 0.1) is 6.92 Å². The smallest absolute Gasteiger partial charge is 0.333 e. The lowest BCUT2D eigenvalue weighted by Crippen LogP contribution is -2.28. The van der Waals surface area contributed by atoms with Crippen LogP contribution in [0.1, 0.15) is 34.7 Å². The first-order valence-corrected chi connectivity index (χ1v) is 13.5. The van der Waals surface area contributed by atoms with E-state index in [1.165, 1.54) is 38.9 Å². The van der Waals surface area contributed by atoms with Crippen LogP contribution in [-0.4, -0.2) is 43.6 Å². The summed E-state index contributed by atoms with van der Waals surface area (Å²) < 4.78 is 16.3. The number of hydrogen-bond donors (Lipinski definition) is 1. The summed E-state index contributed by atoms with van der Waals surface area (Å²) in [6, 6.07) is 34.5. The number of ether oxygens (including phenoxy) is 3. The normalized spacial score (nSPS) is 13.7. The Morgan fingerprint density at radius 1 is 0.800 bits per heavy atom. The van der Waals surface area contributed by atoms with Crippen molar-refractivity contribution in [2.24, 2.45) is 0 Å². The summed E-state index contributed by atoms with van der Waals surface area (Å²) in [6.07, 6.45) is -0.905. The molecule has 5 heteroatoms. The molecule has 1 aliphatic carbocycles. The monoisotopic (exact) mass is 534 g/mol. The fourth-order valence-corrected chi connectivity index (χ4v) is 5.41. The third kappa shape index (κ3) is 5.31. The number of aliphatic hydroxyl groups is 1. The Bertz CT molecular complexity index is 1440. The molecule has 1 N–H and O–H groups in total. The average Bonchev–Trinajstić information content (AvgIpc) is 3.27. The molecule has 0 aliphatic heterocycles. The molecule has 5 rings (SSSR count). The fraction of sp³-hybridized carbons (Fsp3) is 0.229. The number of fused-ring (bicyclic) bond motifs is 3. The van der Waals surface area contributed by atoms with Crippen LogP contribution in [0.15, 0.2) is 109 Å². The molecule has 0 aromatic heterocycles. The van der Waals surface area contributed by atoms with Crippen LogP contribution < -0.4 is 4.74 Å². The summed E-state index contributed by atoms with van der Waals surface area (Å²) in [6.45, 7) is 7.71. The number of carbonyl (C=O) groups excluding carboxylic acids is 1. The van der Waals surface area contributed by atoms with Crippen molar-refractivity contribution in [3.63, 3.8) is 0 Å². The van der Waals surface area contributed by atoms with E-state index in [1.807, 2.05) is 12.1 Å². The van der Waals surface area contributed by atoms with Gasteiger partial charge in [0.2, 0.25) is 0 Å². The highest BCUT2D eigenvalue weighted by atomic mass is 16.6. The van der Waals surface area contributed by atoms with Gasteiger partial charge in [0.05, 0.1) is 18.6 Å². The molecular weight excluding hydrogens is 500 g/mol. The van der Waals surface area contributed by atoms with Crippen molar-refractivity contribution >= 4 is 5.97 Å². The van der Waals surface area contributed by atoms with Crippen molar-refractivity contribution in [2.45, 2.75) is 25.4 Å². The molecule has 0 fully saturated rings. The van der Waals surface area contributed by atoms with Crippen LogP contribution in [0.4, 0.5) is 0 Å².